The molecule has 128 valence electrons. The molecule has 23 heavy (non-hydrogen) atoms. The van der Waals surface area contributed by atoms with E-state index in [9.17, 15) is 4.79 Å². The fourth-order valence-corrected chi connectivity index (χ4v) is 3.29. The lowest BCUT2D eigenvalue weighted by Gasteiger charge is -2.35. The first-order valence-corrected chi connectivity index (χ1v) is 8.84. The molecule has 0 saturated carbocycles. The molecule has 2 N–H and O–H groups in total. The summed E-state index contributed by atoms with van der Waals surface area (Å²) in [6.45, 7) is 6.20. The number of hydrogen-bond donors (Lipinski definition) is 2. The van der Waals surface area contributed by atoms with Gasteiger partial charge in [0.2, 0.25) is 5.91 Å². The minimum Gasteiger partial charge on any atom is -0.378 e. The lowest BCUT2D eigenvalue weighted by Crippen LogP contribution is -2.49. The molecule has 6 heteroatoms. The molecule has 1 fully saturated rings. The first kappa shape index (κ1) is 18.5. The van der Waals surface area contributed by atoms with Gasteiger partial charge in [0.05, 0.1) is 28.8 Å². The largest absolute Gasteiger partial charge is 0.378 e. The van der Waals surface area contributed by atoms with E-state index in [1.807, 2.05) is 12.1 Å². The number of carbonyl (C=O) groups excluding carboxylic acids is 1. The van der Waals surface area contributed by atoms with E-state index in [4.69, 9.17) is 27.9 Å². The van der Waals surface area contributed by atoms with Gasteiger partial charge in [0.25, 0.3) is 0 Å². The Kier molecular flexibility index (Phi) is 6.72. The fraction of sp³-hybridized carbons (Fsp3) is 0.588. The summed E-state index contributed by atoms with van der Waals surface area (Å²) in [5, 5.41) is 7.53. The Morgan fingerprint density at radius 3 is 2.65 bits per heavy atom. The lowest BCUT2D eigenvalue weighted by atomic mass is 9.84. The van der Waals surface area contributed by atoms with Crippen LogP contribution in [0, 0.1) is 0 Å². The molecule has 0 radical (unpaired) electrons. The van der Waals surface area contributed by atoms with Crippen LogP contribution in [-0.4, -0.2) is 31.7 Å². The minimum atomic E-state index is -0.430. The molecule has 0 bridgehead atoms. The number of rotatable bonds is 6. The van der Waals surface area contributed by atoms with Crippen LogP contribution in [0.15, 0.2) is 18.2 Å². The van der Waals surface area contributed by atoms with E-state index in [0.29, 0.717) is 29.7 Å². The van der Waals surface area contributed by atoms with Crippen molar-refractivity contribution >= 4 is 29.1 Å². The van der Waals surface area contributed by atoms with E-state index in [1.54, 1.807) is 6.07 Å². The quantitative estimate of drug-likeness (QED) is 0.817. The van der Waals surface area contributed by atoms with Crippen molar-refractivity contribution in [1.29, 1.82) is 0 Å². The van der Waals surface area contributed by atoms with Gasteiger partial charge in [0.1, 0.15) is 0 Å². The zero-order chi connectivity index (χ0) is 16.9. The molecular formula is C17H24Cl2N2O2. The summed E-state index contributed by atoms with van der Waals surface area (Å²) >= 11 is 12.2. The molecule has 1 aromatic carbocycles. The van der Waals surface area contributed by atoms with E-state index in [-0.39, 0.29) is 11.9 Å². The highest BCUT2D eigenvalue weighted by Gasteiger charge is 2.31. The van der Waals surface area contributed by atoms with Crippen LogP contribution < -0.4 is 10.6 Å². The van der Waals surface area contributed by atoms with Crippen LogP contribution in [0.1, 0.15) is 38.7 Å². The summed E-state index contributed by atoms with van der Waals surface area (Å²) in [6, 6.07) is 5.63. The van der Waals surface area contributed by atoms with E-state index in [0.717, 1.165) is 24.9 Å². The summed E-state index contributed by atoms with van der Waals surface area (Å²) in [5.41, 5.74) is 0.555. The Hall–Kier alpha value is -0.810. The van der Waals surface area contributed by atoms with Crippen molar-refractivity contribution < 1.29 is 9.53 Å². The van der Waals surface area contributed by atoms with Crippen molar-refractivity contribution in [3.05, 3.63) is 33.8 Å². The summed E-state index contributed by atoms with van der Waals surface area (Å²) in [7, 11) is 0. The van der Waals surface area contributed by atoms with Crippen molar-refractivity contribution in [2.45, 2.75) is 44.7 Å². The summed E-state index contributed by atoms with van der Waals surface area (Å²) < 4.78 is 5.40. The fourth-order valence-electron chi connectivity index (χ4n) is 2.99. The maximum Gasteiger partial charge on any atom is 0.222 e. The highest BCUT2D eigenvalue weighted by atomic mass is 35.5. The van der Waals surface area contributed by atoms with Crippen LogP contribution in [0.3, 0.4) is 0 Å². The van der Waals surface area contributed by atoms with Crippen molar-refractivity contribution in [3.8, 4) is 0 Å². The van der Waals surface area contributed by atoms with Crippen LogP contribution in [0.4, 0.5) is 0 Å². The standard InChI is InChI=1S/C17H24Cl2N2O2/c1-3-17(4-2,12-5-6-14(18)15(19)9-12)21-16(22)10-13-11-23-8-7-20-13/h5-6,9,13,20H,3-4,7-8,10-11H2,1-2H3,(H,21,22). The number of nitrogens with one attached hydrogen (secondary N) is 2. The Morgan fingerprint density at radius 2 is 2.09 bits per heavy atom. The van der Waals surface area contributed by atoms with Gasteiger partial charge in [0, 0.05) is 19.0 Å². The van der Waals surface area contributed by atoms with Crippen LogP contribution >= 0.6 is 23.2 Å². The zero-order valence-electron chi connectivity index (χ0n) is 13.6. The average Bonchev–Trinajstić information content (AvgIpc) is 2.56. The number of halogens is 2. The average molecular weight is 359 g/mol. The van der Waals surface area contributed by atoms with Gasteiger partial charge < -0.3 is 15.4 Å². The highest BCUT2D eigenvalue weighted by Crippen LogP contribution is 2.33. The number of benzene rings is 1. The van der Waals surface area contributed by atoms with E-state index < -0.39 is 5.54 Å². The van der Waals surface area contributed by atoms with E-state index >= 15 is 0 Å². The maximum absolute atomic E-state index is 12.5. The number of hydrogen-bond acceptors (Lipinski definition) is 3. The zero-order valence-corrected chi connectivity index (χ0v) is 15.1. The number of carbonyl (C=O) groups is 1. The molecular weight excluding hydrogens is 335 g/mol. The van der Waals surface area contributed by atoms with Gasteiger partial charge in [-0.3, -0.25) is 4.79 Å². The Labute approximate surface area is 147 Å². The SMILES string of the molecule is CCC(CC)(NC(=O)CC1COCCN1)c1ccc(Cl)c(Cl)c1. The molecule has 1 amide bonds. The summed E-state index contributed by atoms with van der Waals surface area (Å²) in [5.74, 6) is 0.0165. The van der Waals surface area contributed by atoms with Gasteiger partial charge in [0.15, 0.2) is 0 Å². The van der Waals surface area contributed by atoms with Gasteiger partial charge in [-0.15, -0.1) is 0 Å². The smallest absolute Gasteiger partial charge is 0.222 e. The number of amides is 1. The Morgan fingerprint density at radius 1 is 1.35 bits per heavy atom. The molecule has 1 unspecified atom stereocenters. The summed E-state index contributed by atoms with van der Waals surface area (Å²) in [6.07, 6.45) is 1.96. The van der Waals surface area contributed by atoms with Crippen LogP contribution in [-0.2, 0) is 15.1 Å². The molecule has 1 aliphatic heterocycles. The summed E-state index contributed by atoms with van der Waals surface area (Å²) in [4.78, 5) is 12.5. The van der Waals surface area contributed by atoms with Crippen molar-refractivity contribution in [2.75, 3.05) is 19.8 Å². The Balaban J connectivity index is 2.12. The van der Waals surface area contributed by atoms with Gasteiger partial charge in [-0.2, -0.15) is 0 Å². The lowest BCUT2D eigenvalue weighted by molar-refractivity contribution is -0.124. The molecule has 0 spiro atoms. The molecule has 2 rings (SSSR count). The van der Waals surface area contributed by atoms with Crippen LogP contribution in [0.5, 0.6) is 0 Å². The first-order chi connectivity index (χ1) is 11.0. The van der Waals surface area contributed by atoms with E-state index in [2.05, 4.69) is 24.5 Å². The molecule has 0 aliphatic carbocycles. The van der Waals surface area contributed by atoms with Gasteiger partial charge in [-0.1, -0.05) is 43.1 Å². The van der Waals surface area contributed by atoms with Gasteiger partial charge in [-0.05, 0) is 30.5 Å². The predicted octanol–water partition coefficient (Wildman–Crippen LogP) is 3.50. The maximum atomic E-state index is 12.5. The van der Waals surface area contributed by atoms with Crippen molar-refractivity contribution in [2.24, 2.45) is 0 Å². The molecule has 1 aliphatic rings. The van der Waals surface area contributed by atoms with Crippen LogP contribution in [0.2, 0.25) is 10.0 Å². The first-order valence-electron chi connectivity index (χ1n) is 8.08. The Bertz CT molecular complexity index is 541. The number of ether oxygens (including phenoxy) is 1. The monoisotopic (exact) mass is 358 g/mol. The molecule has 1 heterocycles. The molecule has 1 atom stereocenters. The predicted molar refractivity (Wildman–Crippen MR) is 94.1 cm³/mol. The second kappa shape index (κ2) is 8.34. The normalized spacial score (nSPS) is 18.7. The highest BCUT2D eigenvalue weighted by molar-refractivity contribution is 6.42. The van der Waals surface area contributed by atoms with Gasteiger partial charge >= 0.3 is 0 Å². The molecule has 1 saturated heterocycles. The third-order valence-corrected chi connectivity index (χ3v) is 5.23. The van der Waals surface area contributed by atoms with E-state index in [1.165, 1.54) is 0 Å². The second-order valence-electron chi connectivity index (χ2n) is 5.90. The third kappa shape index (κ3) is 4.60. The number of morpholine rings is 1. The van der Waals surface area contributed by atoms with Crippen LogP contribution in [0.25, 0.3) is 0 Å². The third-order valence-electron chi connectivity index (χ3n) is 4.49. The topological polar surface area (TPSA) is 50.4 Å². The van der Waals surface area contributed by atoms with Crippen molar-refractivity contribution in [1.82, 2.24) is 10.6 Å². The van der Waals surface area contributed by atoms with Crippen molar-refractivity contribution in [3.63, 3.8) is 0 Å². The molecule has 1 aromatic rings. The van der Waals surface area contributed by atoms with Gasteiger partial charge in [-0.25, -0.2) is 0 Å². The second-order valence-corrected chi connectivity index (χ2v) is 6.71. The minimum absolute atomic E-state index is 0.0165. The molecule has 0 aromatic heterocycles. The molecule has 4 nitrogen and oxygen atoms in total.